The van der Waals surface area contributed by atoms with Gasteiger partial charge in [-0.05, 0) is 51.5 Å². The van der Waals surface area contributed by atoms with Crippen molar-refractivity contribution in [2.45, 2.75) is 33.6 Å². The number of nitrogens with one attached hydrogen (secondary N) is 1. The molecule has 2 aromatic rings. The van der Waals surface area contributed by atoms with Crippen LogP contribution in [-0.4, -0.2) is 46.1 Å². The minimum Gasteiger partial charge on any atom is -0.352 e. The molecule has 1 N–H and O–H groups in total. The summed E-state index contributed by atoms with van der Waals surface area (Å²) in [4.78, 5) is 26.1. The molecule has 0 saturated carbocycles. The summed E-state index contributed by atoms with van der Waals surface area (Å²) < 4.78 is 2.73. The average molecular weight is 421 g/mol. The third-order valence-corrected chi connectivity index (χ3v) is 4.82. The molecule has 0 radical (unpaired) electrons. The van der Waals surface area contributed by atoms with E-state index in [4.69, 9.17) is 0 Å². The Kier molecular flexibility index (Phi) is 7.38. The molecule has 1 heterocycles. The van der Waals surface area contributed by atoms with Gasteiger partial charge in [-0.15, -0.1) is 0 Å². The van der Waals surface area contributed by atoms with Crippen molar-refractivity contribution in [3.63, 3.8) is 0 Å². The lowest BCUT2D eigenvalue weighted by molar-refractivity contribution is -0.130. The fourth-order valence-corrected chi connectivity index (χ4v) is 3.01. The summed E-state index contributed by atoms with van der Waals surface area (Å²) in [6.07, 6.45) is 2.65. The number of carbonyl (C=O) groups excluding carboxylic acids is 2. The van der Waals surface area contributed by atoms with Gasteiger partial charge >= 0.3 is 0 Å². The number of aromatic nitrogens is 2. The molecule has 0 fully saturated rings. The van der Waals surface area contributed by atoms with Gasteiger partial charge in [-0.2, -0.15) is 5.10 Å². The zero-order valence-electron chi connectivity index (χ0n) is 15.5. The van der Waals surface area contributed by atoms with Crippen molar-refractivity contribution in [1.82, 2.24) is 20.0 Å². The molecular formula is C19H25BrN4O2. The molecule has 7 heteroatoms. The first-order valence-corrected chi connectivity index (χ1v) is 9.63. The number of amides is 2. The molecule has 140 valence electrons. The largest absolute Gasteiger partial charge is 0.352 e. The fourth-order valence-electron chi connectivity index (χ4n) is 2.75. The normalized spacial score (nSPS) is 10.6. The van der Waals surface area contributed by atoms with Gasteiger partial charge in [-0.1, -0.05) is 15.9 Å². The predicted molar refractivity (Wildman–Crippen MR) is 105 cm³/mol. The van der Waals surface area contributed by atoms with Gasteiger partial charge in [0.05, 0.1) is 23.1 Å². The molecule has 0 aliphatic rings. The zero-order chi connectivity index (χ0) is 19.1. The maximum Gasteiger partial charge on any atom is 0.254 e. The van der Waals surface area contributed by atoms with E-state index >= 15 is 0 Å². The van der Waals surface area contributed by atoms with Gasteiger partial charge in [-0.3, -0.25) is 9.59 Å². The van der Waals surface area contributed by atoms with E-state index in [-0.39, 0.29) is 11.8 Å². The number of rotatable bonds is 8. The second-order valence-electron chi connectivity index (χ2n) is 5.96. The van der Waals surface area contributed by atoms with E-state index in [1.54, 1.807) is 15.8 Å². The second kappa shape index (κ2) is 9.52. The lowest BCUT2D eigenvalue weighted by Crippen LogP contribution is -2.31. The summed E-state index contributed by atoms with van der Waals surface area (Å²) in [5.74, 6) is -0.0374. The summed E-state index contributed by atoms with van der Waals surface area (Å²) in [5, 5.41) is 7.19. The van der Waals surface area contributed by atoms with Gasteiger partial charge in [0.15, 0.2) is 0 Å². The average Bonchev–Trinajstić information content (AvgIpc) is 3.02. The van der Waals surface area contributed by atoms with Crippen LogP contribution in [-0.2, 0) is 4.79 Å². The van der Waals surface area contributed by atoms with E-state index in [1.807, 2.05) is 45.0 Å². The Morgan fingerprint density at radius 3 is 2.46 bits per heavy atom. The van der Waals surface area contributed by atoms with Crippen LogP contribution in [0.5, 0.6) is 0 Å². The van der Waals surface area contributed by atoms with Crippen molar-refractivity contribution < 1.29 is 9.59 Å². The first-order valence-electron chi connectivity index (χ1n) is 8.84. The Balaban J connectivity index is 1.90. The zero-order valence-corrected chi connectivity index (χ0v) is 17.0. The Morgan fingerprint density at radius 1 is 1.19 bits per heavy atom. The van der Waals surface area contributed by atoms with Crippen LogP contribution in [0.4, 0.5) is 0 Å². The van der Waals surface area contributed by atoms with Crippen LogP contribution in [0.2, 0.25) is 0 Å². The fraction of sp³-hybridized carbons (Fsp3) is 0.421. The van der Waals surface area contributed by atoms with Gasteiger partial charge in [0.1, 0.15) is 0 Å². The molecular weight excluding hydrogens is 396 g/mol. The highest BCUT2D eigenvalue weighted by atomic mass is 79.9. The number of halogens is 1. The molecule has 0 aliphatic heterocycles. The second-order valence-corrected chi connectivity index (χ2v) is 6.87. The van der Waals surface area contributed by atoms with Crippen LogP contribution in [0.25, 0.3) is 5.69 Å². The topological polar surface area (TPSA) is 67.2 Å². The molecule has 0 atom stereocenters. The van der Waals surface area contributed by atoms with Crippen molar-refractivity contribution in [1.29, 1.82) is 0 Å². The number of carbonyl (C=O) groups is 2. The summed E-state index contributed by atoms with van der Waals surface area (Å²) in [6, 6.07) is 7.74. The summed E-state index contributed by atoms with van der Waals surface area (Å²) >= 11 is 3.41. The van der Waals surface area contributed by atoms with Crippen molar-refractivity contribution in [3.8, 4) is 5.69 Å². The molecule has 0 aliphatic carbocycles. The highest BCUT2D eigenvalue weighted by Crippen LogP contribution is 2.17. The summed E-state index contributed by atoms with van der Waals surface area (Å²) in [5.41, 5.74) is 2.22. The van der Waals surface area contributed by atoms with E-state index in [0.29, 0.717) is 24.9 Å². The maximum absolute atomic E-state index is 12.4. The van der Waals surface area contributed by atoms with E-state index in [0.717, 1.165) is 28.9 Å². The minimum atomic E-state index is -0.166. The van der Waals surface area contributed by atoms with Gasteiger partial charge < -0.3 is 10.2 Å². The third-order valence-electron chi connectivity index (χ3n) is 4.29. The molecule has 1 aromatic heterocycles. The number of benzene rings is 1. The van der Waals surface area contributed by atoms with Crippen LogP contribution in [0.15, 0.2) is 34.9 Å². The molecule has 2 amide bonds. The molecule has 6 nitrogen and oxygen atoms in total. The minimum absolute atomic E-state index is 0.128. The van der Waals surface area contributed by atoms with Crippen LogP contribution in [0.3, 0.4) is 0 Å². The molecule has 0 bridgehead atoms. The van der Waals surface area contributed by atoms with Gasteiger partial charge in [0.25, 0.3) is 5.91 Å². The van der Waals surface area contributed by atoms with Crippen LogP contribution in [0.1, 0.15) is 42.7 Å². The quantitative estimate of drug-likeness (QED) is 0.665. The molecule has 0 unspecified atom stereocenters. The van der Waals surface area contributed by atoms with Crippen molar-refractivity contribution in [2.75, 3.05) is 19.6 Å². The Labute approximate surface area is 162 Å². The highest BCUT2D eigenvalue weighted by molar-refractivity contribution is 9.10. The van der Waals surface area contributed by atoms with Gasteiger partial charge in [0.2, 0.25) is 5.91 Å². The van der Waals surface area contributed by atoms with E-state index < -0.39 is 0 Å². The Hall–Kier alpha value is -2.15. The molecule has 0 saturated heterocycles. The van der Waals surface area contributed by atoms with Crippen molar-refractivity contribution in [3.05, 3.63) is 46.2 Å². The summed E-state index contributed by atoms with van der Waals surface area (Å²) in [7, 11) is 0. The van der Waals surface area contributed by atoms with Crippen LogP contribution < -0.4 is 5.32 Å². The van der Waals surface area contributed by atoms with E-state index in [9.17, 15) is 9.59 Å². The van der Waals surface area contributed by atoms with Crippen LogP contribution >= 0.6 is 15.9 Å². The molecule has 2 rings (SSSR count). The lowest BCUT2D eigenvalue weighted by Gasteiger charge is -2.18. The van der Waals surface area contributed by atoms with Crippen LogP contribution in [0, 0.1) is 6.92 Å². The lowest BCUT2D eigenvalue weighted by atomic mass is 10.2. The third kappa shape index (κ3) is 4.94. The maximum atomic E-state index is 12.4. The van der Waals surface area contributed by atoms with E-state index in [2.05, 4.69) is 26.3 Å². The number of hydrogen-bond donors (Lipinski definition) is 1. The number of nitrogens with zero attached hydrogens (tertiary/aromatic N) is 3. The molecule has 1 aromatic carbocycles. The first kappa shape index (κ1) is 20.2. The van der Waals surface area contributed by atoms with Crippen molar-refractivity contribution in [2.24, 2.45) is 0 Å². The SMILES string of the molecule is CCN(CC)C(=O)CCCNC(=O)c1cnn(-c2ccc(Br)cc2)c1C. The predicted octanol–water partition coefficient (Wildman–Crippen LogP) is 3.32. The number of hydrogen-bond acceptors (Lipinski definition) is 3. The molecule has 26 heavy (non-hydrogen) atoms. The summed E-state index contributed by atoms with van der Waals surface area (Å²) in [6.45, 7) is 7.71. The van der Waals surface area contributed by atoms with Gasteiger partial charge in [0, 0.05) is 30.5 Å². The standard InChI is InChI=1S/C19H25BrN4O2/c1-4-23(5-2)18(25)7-6-12-21-19(26)17-13-22-24(14(17)3)16-10-8-15(20)9-11-16/h8-11,13H,4-7,12H2,1-3H3,(H,21,26). The molecule has 0 spiro atoms. The Bertz CT molecular complexity index is 751. The highest BCUT2D eigenvalue weighted by Gasteiger charge is 2.15. The van der Waals surface area contributed by atoms with Crippen molar-refractivity contribution >= 4 is 27.7 Å². The van der Waals surface area contributed by atoms with Gasteiger partial charge in [-0.25, -0.2) is 4.68 Å². The first-order chi connectivity index (χ1) is 12.5. The monoisotopic (exact) mass is 420 g/mol. The smallest absolute Gasteiger partial charge is 0.254 e. The van der Waals surface area contributed by atoms with E-state index in [1.165, 1.54) is 0 Å². The Morgan fingerprint density at radius 2 is 1.85 bits per heavy atom.